The summed E-state index contributed by atoms with van der Waals surface area (Å²) in [7, 11) is 6.86. The molecule has 0 spiro atoms. The van der Waals surface area contributed by atoms with Gasteiger partial charge < -0.3 is 14.2 Å². The Morgan fingerprint density at radius 3 is 1.93 bits per heavy atom. The minimum absolute atomic E-state index is 0.0385. The number of rotatable bonds is 5. The maximum atomic E-state index is 13.2. The highest BCUT2D eigenvalue weighted by Gasteiger charge is 2.25. The number of carbonyl (C=O) groups is 1. The van der Waals surface area contributed by atoms with E-state index < -0.39 is 0 Å². The van der Waals surface area contributed by atoms with Crippen LogP contribution in [-0.4, -0.2) is 52.1 Å². The van der Waals surface area contributed by atoms with E-state index in [1.54, 1.807) is 21.3 Å². The number of nitrogens with zero attached hydrogens (tertiary/aromatic N) is 1. The summed E-state index contributed by atoms with van der Waals surface area (Å²) < 4.78 is 16.4. The van der Waals surface area contributed by atoms with Crippen LogP contribution in [0.4, 0.5) is 0 Å². The molecule has 2 aromatic rings. The second-order valence-corrected chi connectivity index (χ2v) is 7.12. The number of hydrogen-bond acceptors (Lipinski definition) is 5. The smallest absolute Gasteiger partial charge is 0.187 e. The highest BCUT2D eigenvalue weighted by Crippen LogP contribution is 2.33. The van der Waals surface area contributed by atoms with Crippen molar-refractivity contribution in [2.24, 2.45) is 0 Å². The first-order chi connectivity index (χ1) is 14.0. The molecule has 1 saturated heterocycles. The summed E-state index contributed by atoms with van der Waals surface area (Å²) in [6, 6.07) is 11.6. The van der Waals surface area contributed by atoms with E-state index in [0.717, 1.165) is 28.0 Å². The number of carbonyl (C=O) groups excluding carboxylic acids is 1. The molecule has 5 heteroatoms. The highest BCUT2D eigenvalue weighted by molar-refractivity contribution is 6.14. The molecule has 1 heterocycles. The van der Waals surface area contributed by atoms with Gasteiger partial charge in [0.05, 0.1) is 21.3 Å². The Balaban J connectivity index is 2.03. The lowest BCUT2D eigenvalue weighted by atomic mass is 9.94. The number of aryl methyl sites for hydroxylation is 1. The Hall–Kier alpha value is -3.05. The lowest BCUT2D eigenvalue weighted by molar-refractivity contribution is -0.113. The van der Waals surface area contributed by atoms with Gasteiger partial charge in [-0.2, -0.15) is 0 Å². The second-order valence-electron chi connectivity index (χ2n) is 7.12. The first-order valence-corrected chi connectivity index (χ1v) is 9.47. The Morgan fingerprint density at radius 2 is 1.38 bits per heavy atom. The van der Waals surface area contributed by atoms with Crippen LogP contribution in [0.5, 0.6) is 17.2 Å². The van der Waals surface area contributed by atoms with E-state index in [-0.39, 0.29) is 5.78 Å². The molecule has 0 radical (unpaired) electrons. The molecule has 0 saturated carbocycles. The molecular weight excluding hydrogens is 366 g/mol. The van der Waals surface area contributed by atoms with Gasteiger partial charge in [-0.25, -0.2) is 0 Å². The largest absolute Gasteiger partial charge is 0.496 e. The predicted molar refractivity (Wildman–Crippen MR) is 116 cm³/mol. The Labute approximate surface area is 172 Å². The van der Waals surface area contributed by atoms with E-state index in [9.17, 15) is 4.79 Å². The number of methoxy groups -OCH3 is 3. The van der Waals surface area contributed by atoms with Gasteiger partial charge in [-0.3, -0.25) is 9.69 Å². The zero-order chi connectivity index (χ0) is 21.0. The predicted octanol–water partition coefficient (Wildman–Crippen LogP) is 4.00. The number of ketones is 1. The SMILES string of the molecule is COc1cccc(/C=C2\CN(C)C/C(=C\c3cccc(C)c3OC)C2=O)c1OC. The first-order valence-electron chi connectivity index (χ1n) is 9.47. The number of likely N-dealkylation sites (N-methyl/N-ethyl adjacent to an activating group) is 1. The molecule has 1 fully saturated rings. The van der Waals surface area contributed by atoms with Gasteiger partial charge in [-0.05, 0) is 37.8 Å². The summed E-state index contributed by atoms with van der Waals surface area (Å²) in [4.78, 5) is 15.4. The lowest BCUT2D eigenvalue weighted by Crippen LogP contribution is -2.34. The van der Waals surface area contributed by atoms with Crippen molar-refractivity contribution in [3.8, 4) is 17.2 Å². The number of hydrogen-bond donors (Lipinski definition) is 0. The summed E-state index contributed by atoms with van der Waals surface area (Å²) in [5.74, 6) is 2.09. The Bertz CT molecular complexity index is 975. The molecule has 0 atom stereocenters. The third-order valence-corrected chi connectivity index (χ3v) is 5.00. The van der Waals surface area contributed by atoms with E-state index in [4.69, 9.17) is 14.2 Å². The second kappa shape index (κ2) is 8.97. The van der Waals surface area contributed by atoms with Crippen molar-refractivity contribution >= 4 is 17.9 Å². The van der Waals surface area contributed by atoms with Crippen LogP contribution in [-0.2, 0) is 4.79 Å². The van der Waals surface area contributed by atoms with Crippen molar-refractivity contribution in [2.45, 2.75) is 6.92 Å². The van der Waals surface area contributed by atoms with Crippen LogP contribution in [0.3, 0.4) is 0 Å². The van der Waals surface area contributed by atoms with Crippen molar-refractivity contribution < 1.29 is 19.0 Å². The topological polar surface area (TPSA) is 48.0 Å². The zero-order valence-corrected chi connectivity index (χ0v) is 17.6. The molecule has 29 heavy (non-hydrogen) atoms. The number of para-hydroxylation sites is 2. The molecule has 0 unspecified atom stereocenters. The molecule has 152 valence electrons. The molecule has 5 nitrogen and oxygen atoms in total. The fraction of sp³-hybridized carbons (Fsp3) is 0.292. The van der Waals surface area contributed by atoms with E-state index in [0.29, 0.717) is 30.2 Å². The third kappa shape index (κ3) is 4.35. The summed E-state index contributed by atoms with van der Waals surface area (Å²) >= 11 is 0. The molecular formula is C24H27NO4. The highest BCUT2D eigenvalue weighted by atomic mass is 16.5. The maximum absolute atomic E-state index is 13.2. The molecule has 1 aliphatic heterocycles. The van der Waals surface area contributed by atoms with Gasteiger partial charge in [0.25, 0.3) is 0 Å². The molecule has 0 bridgehead atoms. The minimum atomic E-state index is 0.0385. The molecule has 3 rings (SSSR count). The minimum Gasteiger partial charge on any atom is -0.496 e. The Kier molecular flexibility index (Phi) is 6.39. The molecule has 1 aliphatic rings. The van der Waals surface area contributed by atoms with Crippen molar-refractivity contribution in [2.75, 3.05) is 41.5 Å². The number of ether oxygens (including phenoxy) is 3. The number of likely N-dealkylation sites (tertiary alicyclic amines) is 1. The molecule has 0 aromatic heterocycles. The van der Waals surface area contributed by atoms with Gasteiger partial charge in [-0.15, -0.1) is 0 Å². The van der Waals surface area contributed by atoms with Crippen molar-refractivity contribution in [3.63, 3.8) is 0 Å². The van der Waals surface area contributed by atoms with Crippen LogP contribution in [0, 0.1) is 6.92 Å². The van der Waals surface area contributed by atoms with Crippen molar-refractivity contribution in [1.82, 2.24) is 4.90 Å². The van der Waals surface area contributed by atoms with Crippen LogP contribution in [0.1, 0.15) is 16.7 Å². The lowest BCUT2D eigenvalue weighted by Gasteiger charge is -2.26. The van der Waals surface area contributed by atoms with E-state index in [1.165, 1.54) is 0 Å². The first kappa shape index (κ1) is 20.7. The summed E-state index contributed by atoms with van der Waals surface area (Å²) in [6.45, 7) is 3.15. The van der Waals surface area contributed by atoms with Crippen LogP contribution in [0.15, 0.2) is 47.5 Å². The van der Waals surface area contributed by atoms with E-state index >= 15 is 0 Å². The average molecular weight is 393 g/mol. The van der Waals surface area contributed by atoms with Gasteiger partial charge in [0, 0.05) is 35.4 Å². The zero-order valence-electron chi connectivity index (χ0n) is 17.6. The van der Waals surface area contributed by atoms with Gasteiger partial charge in [0.2, 0.25) is 0 Å². The monoisotopic (exact) mass is 393 g/mol. The number of piperidine rings is 1. The summed E-state index contributed by atoms with van der Waals surface area (Å²) in [6.07, 6.45) is 3.82. The molecule has 2 aromatic carbocycles. The molecule has 0 aliphatic carbocycles. The average Bonchev–Trinajstić information content (AvgIpc) is 2.71. The van der Waals surface area contributed by atoms with Crippen LogP contribution in [0.2, 0.25) is 0 Å². The van der Waals surface area contributed by atoms with Crippen LogP contribution in [0.25, 0.3) is 12.2 Å². The van der Waals surface area contributed by atoms with Crippen LogP contribution < -0.4 is 14.2 Å². The van der Waals surface area contributed by atoms with Gasteiger partial charge >= 0.3 is 0 Å². The number of Topliss-reactive ketones (excluding diaryl/α,β-unsaturated/α-hetero) is 1. The summed E-state index contributed by atoms with van der Waals surface area (Å²) in [5, 5.41) is 0. The maximum Gasteiger partial charge on any atom is 0.187 e. The van der Waals surface area contributed by atoms with Crippen molar-refractivity contribution in [3.05, 3.63) is 64.2 Å². The Morgan fingerprint density at radius 1 is 0.828 bits per heavy atom. The third-order valence-electron chi connectivity index (χ3n) is 5.00. The summed E-state index contributed by atoms with van der Waals surface area (Å²) in [5.41, 5.74) is 4.21. The fourth-order valence-electron chi connectivity index (χ4n) is 3.68. The van der Waals surface area contributed by atoms with Crippen LogP contribution >= 0.6 is 0 Å². The number of benzene rings is 2. The fourth-order valence-corrected chi connectivity index (χ4v) is 3.68. The molecule has 0 N–H and O–H groups in total. The van der Waals surface area contributed by atoms with Gasteiger partial charge in [-0.1, -0.05) is 30.3 Å². The van der Waals surface area contributed by atoms with Crippen molar-refractivity contribution in [1.29, 1.82) is 0 Å². The molecule has 0 amide bonds. The van der Waals surface area contributed by atoms with Gasteiger partial charge in [0.15, 0.2) is 17.3 Å². The normalized spacial score (nSPS) is 17.6. The van der Waals surface area contributed by atoms with Gasteiger partial charge in [0.1, 0.15) is 5.75 Å². The quantitative estimate of drug-likeness (QED) is 0.719. The standard InChI is InChI=1S/C24H27NO4/c1-16-8-6-9-17(23(16)28-4)12-19-14-25(2)15-20(22(19)26)13-18-10-7-11-21(27-3)24(18)29-5/h6-13H,14-15H2,1-5H3/b19-12+,20-13+. The van der Waals surface area contributed by atoms with E-state index in [1.807, 2.05) is 62.5 Å². The van der Waals surface area contributed by atoms with E-state index in [2.05, 4.69) is 4.90 Å².